The topological polar surface area (TPSA) is 46.2 Å². The highest BCUT2D eigenvalue weighted by molar-refractivity contribution is 8.00. The van der Waals surface area contributed by atoms with Crippen molar-refractivity contribution < 1.29 is 5.11 Å². The lowest BCUT2D eigenvalue weighted by Gasteiger charge is -2.16. The maximum atomic E-state index is 9.36. The maximum absolute atomic E-state index is 9.36. The van der Waals surface area contributed by atoms with Crippen molar-refractivity contribution in [2.45, 2.75) is 30.1 Å². The predicted molar refractivity (Wildman–Crippen MR) is 62.9 cm³/mol. The highest BCUT2D eigenvalue weighted by Crippen LogP contribution is 2.35. The fourth-order valence-corrected chi connectivity index (χ4v) is 2.20. The van der Waals surface area contributed by atoms with Crippen LogP contribution in [0.3, 0.4) is 0 Å². The molecular weight excluding hydrogens is 218 g/mol. The van der Waals surface area contributed by atoms with Crippen molar-refractivity contribution in [1.29, 1.82) is 0 Å². The molecule has 0 heterocycles. The molecule has 14 heavy (non-hydrogen) atoms. The Morgan fingerprint density at radius 3 is 2.57 bits per heavy atom. The monoisotopic (exact) mass is 231 g/mol. The van der Waals surface area contributed by atoms with Crippen LogP contribution in [0.15, 0.2) is 23.1 Å². The Morgan fingerprint density at radius 2 is 2.07 bits per heavy atom. The number of halogens is 1. The quantitative estimate of drug-likeness (QED) is 0.621. The zero-order chi connectivity index (χ0) is 10.7. The van der Waals surface area contributed by atoms with E-state index in [9.17, 15) is 5.11 Å². The number of hydrogen-bond donors (Lipinski definition) is 2. The predicted octanol–water partition coefficient (Wildman–Crippen LogP) is 2.78. The van der Waals surface area contributed by atoms with Crippen LogP contribution >= 0.6 is 23.4 Å². The van der Waals surface area contributed by atoms with E-state index in [1.807, 2.05) is 19.1 Å². The smallest absolute Gasteiger partial charge is 0.0631 e. The first-order valence-electron chi connectivity index (χ1n) is 4.41. The van der Waals surface area contributed by atoms with E-state index in [1.54, 1.807) is 13.0 Å². The Labute approximate surface area is 93.5 Å². The zero-order valence-electron chi connectivity index (χ0n) is 8.20. The highest BCUT2D eigenvalue weighted by atomic mass is 35.5. The van der Waals surface area contributed by atoms with E-state index < -0.39 is 0 Å². The van der Waals surface area contributed by atoms with Gasteiger partial charge in [-0.15, -0.1) is 11.8 Å². The van der Waals surface area contributed by atoms with Gasteiger partial charge in [-0.1, -0.05) is 24.6 Å². The van der Waals surface area contributed by atoms with Gasteiger partial charge in [0.2, 0.25) is 0 Å². The molecule has 4 heteroatoms. The number of aliphatic hydroxyl groups excluding tert-OH is 1. The molecule has 2 atom stereocenters. The summed E-state index contributed by atoms with van der Waals surface area (Å²) in [6, 6.07) is 5.42. The van der Waals surface area contributed by atoms with Gasteiger partial charge >= 0.3 is 0 Å². The molecule has 0 radical (unpaired) electrons. The molecule has 0 aromatic heterocycles. The molecule has 0 aliphatic rings. The second-order valence-corrected chi connectivity index (χ2v) is 5.02. The minimum Gasteiger partial charge on any atom is -0.398 e. The van der Waals surface area contributed by atoms with Crippen molar-refractivity contribution >= 4 is 29.1 Å². The minimum atomic E-state index is -0.379. The van der Waals surface area contributed by atoms with Gasteiger partial charge in [-0.3, -0.25) is 0 Å². The maximum Gasteiger partial charge on any atom is 0.0631 e. The summed E-state index contributed by atoms with van der Waals surface area (Å²) in [5.41, 5.74) is 6.44. The Balaban J connectivity index is 2.85. The summed E-state index contributed by atoms with van der Waals surface area (Å²) in [5, 5.41) is 10.1. The number of benzene rings is 1. The lowest BCUT2D eigenvalue weighted by atomic mass is 10.3. The molecule has 2 nitrogen and oxygen atoms in total. The molecule has 0 aliphatic carbocycles. The first-order chi connectivity index (χ1) is 6.52. The molecule has 78 valence electrons. The number of nitrogens with two attached hydrogens (primary N) is 1. The molecular formula is C10H14ClNOS. The third-order valence-electron chi connectivity index (χ3n) is 1.98. The summed E-state index contributed by atoms with van der Waals surface area (Å²) < 4.78 is 0. The van der Waals surface area contributed by atoms with Crippen LogP contribution in [0.25, 0.3) is 0 Å². The summed E-state index contributed by atoms with van der Waals surface area (Å²) in [6.07, 6.45) is -0.379. The van der Waals surface area contributed by atoms with E-state index in [4.69, 9.17) is 17.3 Å². The third kappa shape index (κ3) is 2.80. The van der Waals surface area contributed by atoms with Gasteiger partial charge in [0, 0.05) is 15.8 Å². The number of hydrogen-bond acceptors (Lipinski definition) is 3. The Bertz CT molecular complexity index is 297. The van der Waals surface area contributed by atoms with Gasteiger partial charge in [0.1, 0.15) is 0 Å². The molecule has 1 aromatic carbocycles. The molecule has 0 amide bonds. The fraction of sp³-hybridized carbons (Fsp3) is 0.400. The Kier molecular flexibility index (Phi) is 4.11. The molecule has 0 fully saturated rings. The first kappa shape index (κ1) is 11.7. The number of thioether (sulfide) groups is 1. The second kappa shape index (κ2) is 4.91. The van der Waals surface area contributed by atoms with Gasteiger partial charge in [-0.25, -0.2) is 0 Å². The van der Waals surface area contributed by atoms with Crippen molar-refractivity contribution in [2.24, 2.45) is 0 Å². The summed E-state index contributed by atoms with van der Waals surface area (Å²) in [7, 11) is 0. The molecule has 0 aliphatic heterocycles. The fourth-order valence-electron chi connectivity index (χ4n) is 0.934. The third-order valence-corrected chi connectivity index (χ3v) is 3.86. The SMILES string of the molecule is CC(O)C(C)Sc1c(N)cccc1Cl. The molecule has 1 aromatic rings. The zero-order valence-corrected chi connectivity index (χ0v) is 9.77. The van der Waals surface area contributed by atoms with Gasteiger partial charge in [-0.05, 0) is 19.1 Å². The van der Waals surface area contributed by atoms with Gasteiger partial charge in [0.05, 0.1) is 11.1 Å². The normalized spacial score (nSPS) is 15.1. The van der Waals surface area contributed by atoms with Crippen LogP contribution in [0.1, 0.15) is 13.8 Å². The molecule has 2 unspecified atom stereocenters. The summed E-state index contributed by atoms with van der Waals surface area (Å²) >= 11 is 7.49. The first-order valence-corrected chi connectivity index (χ1v) is 5.67. The van der Waals surface area contributed by atoms with E-state index >= 15 is 0 Å². The largest absolute Gasteiger partial charge is 0.398 e. The van der Waals surface area contributed by atoms with Crippen LogP contribution in [0.5, 0.6) is 0 Å². The molecule has 0 spiro atoms. The average molecular weight is 232 g/mol. The van der Waals surface area contributed by atoms with Crippen LogP contribution in [-0.4, -0.2) is 16.5 Å². The summed E-state index contributed by atoms with van der Waals surface area (Å²) in [4.78, 5) is 0.850. The van der Waals surface area contributed by atoms with Gasteiger partial charge in [0.25, 0.3) is 0 Å². The van der Waals surface area contributed by atoms with Crippen molar-refractivity contribution in [3.8, 4) is 0 Å². The van der Waals surface area contributed by atoms with Crippen molar-refractivity contribution in [2.75, 3.05) is 5.73 Å². The lowest BCUT2D eigenvalue weighted by Crippen LogP contribution is -2.15. The lowest BCUT2D eigenvalue weighted by molar-refractivity contribution is 0.196. The van der Waals surface area contributed by atoms with Gasteiger partial charge in [-0.2, -0.15) is 0 Å². The summed E-state index contributed by atoms with van der Waals surface area (Å²) in [5.74, 6) is 0. The van der Waals surface area contributed by atoms with Crippen LogP contribution < -0.4 is 5.73 Å². The van der Waals surface area contributed by atoms with Crippen LogP contribution in [-0.2, 0) is 0 Å². The molecule has 0 bridgehead atoms. The average Bonchev–Trinajstić information content (AvgIpc) is 2.11. The van der Waals surface area contributed by atoms with E-state index in [2.05, 4.69) is 0 Å². The van der Waals surface area contributed by atoms with Crippen molar-refractivity contribution in [1.82, 2.24) is 0 Å². The summed E-state index contributed by atoms with van der Waals surface area (Å²) in [6.45, 7) is 3.70. The minimum absolute atomic E-state index is 0.0807. The Morgan fingerprint density at radius 1 is 1.43 bits per heavy atom. The van der Waals surface area contributed by atoms with E-state index in [-0.39, 0.29) is 11.4 Å². The van der Waals surface area contributed by atoms with Crippen molar-refractivity contribution in [3.63, 3.8) is 0 Å². The van der Waals surface area contributed by atoms with Crippen LogP contribution in [0.4, 0.5) is 5.69 Å². The molecule has 0 saturated carbocycles. The Hall–Kier alpha value is -0.380. The van der Waals surface area contributed by atoms with Crippen LogP contribution in [0, 0.1) is 0 Å². The molecule has 3 N–H and O–H groups in total. The number of aliphatic hydroxyl groups is 1. The number of anilines is 1. The number of rotatable bonds is 3. The van der Waals surface area contributed by atoms with Crippen molar-refractivity contribution in [3.05, 3.63) is 23.2 Å². The highest BCUT2D eigenvalue weighted by Gasteiger charge is 2.14. The van der Waals surface area contributed by atoms with E-state index in [1.165, 1.54) is 11.8 Å². The van der Waals surface area contributed by atoms with Crippen LogP contribution in [0.2, 0.25) is 5.02 Å². The van der Waals surface area contributed by atoms with Gasteiger partial charge < -0.3 is 10.8 Å². The molecule has 0 saturated heterocycles. The second-order valence-electron chi connectivity index (χ2n) is 3.22. The number of nitrogen functional groups attached to an aromatic ring is 1. The van der Waals surface area contributed by atoms with Gasteiger partial charge in [0.15, 0.2) is 0 Å². The van der Waals surface area contributed by atoms with E-state index in [0.717, 1.165) is 4.90 Å². The standard InChI is InChI=1S/C10H14ClNOS/c1-6(13)7(2)14-10-8(11)4-3-5-9(10)12/h3-7,13H,12H2,1-2H3. The molecule has 1 rings (SSSR count). The van der Waals surface area contributed by atoms with E-state index in [0.29, 0.717) is 10.7 Å².